The molecule has 1 saturated heterocycles. The quantitative estimate of drug-likeness (QED) is 0.560. The van der Waals surface area contributed by atoms with Crippen LogP contribution in [0.2, 0.25) is 0 Å². The molecular formula is C20H23F2N3O4. The Morgan fingerprint density at radius 2 is 1.90 bits per heavy atom. The fourth-order valence-corrected chi connectivity index (χ4v) is 3.35. The van der Waals surface area contributed by atoms with E-state index in [9.17, 15) is 18.4 Å². The monoisotopic (exact) mass is 407 g/mol. The number of esters is 1. The first-order chi connectivity index (χ1) is 13.9. The number of carbonyl (C=O) groups excluding carboxylic acids is 2. The summed E-state index contributed by atoms with van der Waals surface area (Å²) in [4.78, 5) is 24.6. The van der Waals surface area contributed by atoms with Crippen LogP contribution in [0, 0.1) is 17.6 Å². The third-order valence-corrected chi connectivity index (χ3v) is 4.95. The molecule has 29 heavy (non-hydrogen) atoms. The van der Waals surface area contributed by atoms with Crippen LogP contribution >= 0.6 is 0 Å². The van der Waals surface area contributed by atoms with Crippen LogP contribution in [0.3, 0.4) is 0 Å². The topological polar surface area (TPSA) is 96.4 Å². The Balaban J connectivity index is 1.72. The first-order valence-corrected chi connectivity index (χ1v) is 9.49. The summed E-state index contributed by atoms with van der Waals surface area (Å²) in [6, 6.07) is 3.08. The minimum Gasteiger partial charge on any atom is -0.454 e. The predicted octanol–water partition coefficient (Wildman–Crippen LogP) is 2.77. The van der Waals surface area contributed by atoms with Crippen molar-refractivity contribution in [1.29, 1.82) is 0 Å². The molecule has 0 amide bonds. The van der Waals surface area contributed by atoms with Gasteiger partial charge in [-0.2, -0.15) is 5.10 Å². The number of Topliss-reactive ketones (excluding diaryl/α,β-unsaturated/α-hetero) is 1. The van der Waals surface area contributed by atoms with Crippen molar-refractivity contribution in [3.63, 3.8) is 0 Å². The minimum atomic E-state index is -1.01. The zero-order chi connectivity index (χ0) is 21.0. The van der Waals surface area contributed by atoms with Gasteiger partial charge in [-0.1, -0.05) is 13.0 Å². The molecule has 2 heterocycles. The molecule has 9 heteroatoms. The van der Waals surface area contributed by atoms with Crippen LogP contribution in [0.1, 0.15) is 46.2 Å². The number of ether oxygens (including phenoxy) is 2. The number of aromatic nitrogens is 2. The van der Waals surface area contributed by atoms with Gasteiger partial charge in [0, 0.05) is 19.8 Å². The van der Waals surface area contributed by atoms with Gasteiger partial charge in [-0.25, -0.2) is 18.3 Å². The number of aryl methyl sites for hydroxylation is 1. The number of nitrogen functional groups attached to an aromatic ring is 1. The second-order valence-electron chi connectivity index (χ2n) is 6.89. The Morgan fingerprint density at radius 1 is 1.24 bits per heavy atom. The molecule has 7 nitrogen and oxygen atoms in total. The summed E-state index contributed by atoms with van der Waals surface area (Å²) in [5, 5.41) is 4.40. The van der Waals surface area contributed by atoms with E-state index in [0.29, 0.717) is 37.8 Å². The zero-order valence-electron chi connectivity index (χ0n) is 16.1. The van der Waals surface area contributed by atoms with Gasteiger partial charge in [0.05, 0.1) is 11.3 Å². The van der Waals surface area contributed by atoms with Crippen molar-refractivity contribution in [3.05, 3.63) is 46.7 Å². The van der Waals surface area contributed by atoms with Crippen molar-refractivity contribution in [2.75, 3.05) is 25.6 Å². The predicted molar refractivity (Wildman–Crippen MR) is 101 cm³/mol. The number of hydrogen-bond acceptors (Lipinski definition) is 6. The van der Waals surface area contributed by atoms with Gasteiger partial charge < -0.3 is 15.2 Å². The zero-order valence-corrected chi connectivity index (χ0v) is 16.1. The fraction of sp³-hybridized carbons (Fsp3) is 0.450. The molecular weight excluding hydrogens is 384 g/mol. The van der Waals surface area contributed by atoms with Crippen molar-refractivity contribution in [2.45, 2.75) is 32.7 Å². The fourth-order valence-electron chi connectivity index (χ4n) is 3.35. The normalized spacial score (nSPS) is 14.7. The SMILES string of the molecule is CCc1nn(CC2CCOCC2)c(N)c1C(=O)OCC(=O)c1c(F)cccc1F. The molecule has 1 aromatic heterocycles. The third-order valence-electron chi connectivity index (χ3n) is 4.95. The molecule has 0 radical (unpaired) electrons. The molecule has 0 atom stereocenters. The van der Waals surface area contributed by atoms with Crippen LogP contribution in [-0.4, -0.2) is 41.4 Å². The second-order valence-corrected chi connectivity index (χ2v) is 6.89. The van der Waals surface area contributed by atoms with E-state index in [4.69, 9.17) is 15.2 Å². The molecule has 0 saturated carbocycles. The number of ketones is 1. The number of benzene rings is 1. The van der Waals surface area contributed by atoms with E-state index in [1.807, 2.05) is 6.92 Å². The highest BCUT2D eigenvalue weighted by Gasteiger charge is 2.26. The largest absolute Gasteiger partial charge is 0.454 e. The Bertz CT molecular complexity index is 887. The highest BCUT2D eigenvalue weighted by Crippen LogP contribution is 2.23. The lowest BCUT2D eigenvalue weighted by Gasteiger charge is -2.22. The molecule has 1 aliphatic rings. The molecule has 1 aromatic carbocycles. The number of anilines is 1. The number of halogens is 2. The maximum atomic E-state index is 13.7. The van der Waals surface area contributed by atoms with Crippen molar-refractivity contribution < 1.29 is 27.8 Å². The Hall–Kier alpha value is -2.81. The van der Waals surface area contributed by atoms with E-state index in [1.54, 1.807) is 4.68 Å². The number of hydrogen-bond donors (Lipinski definition) is 1. The smallest absolute Gasteiger partial charge is 0.344 e. The van der Waals surface area contributed by atoms with Crippen LogP contribution in [-0.2, 0) is 22.4 Å². The van der Waals surface area contributed by atoms with Crippen LogP contribution in [0.25, 0.3) is 0 Å². The average molecular weight is 407 g/mol. The first-order valence-electron chi connectivity index (χ1n) is 9.49. The summed E-state index contributed by atoms with van der Waals surface area (Å²) in [5.74, 6) is -3.34. The van der Waals surface area contributed by atoms with Crippen molar-refractivity contribution in [1.82, 2.24) is 9.78 Å². The molecule has 2 aromatic rings. The Labute approximate surface area is 166 Å². The lowest BCUT2D eigenvalue weighted by atomic mass is 10.0. The van der Waals surface area contributed by atoms with Crippen LogP contribution in [0.15, 0.2) is 18.2 Å². The van der Waals surface area contributed by atoms with E-state index >= 15 is 0 Å². The van der Waals surface area contributed by atoms with E-state index in [1.165, 1.54) is 0 Å². The van der Waals surface area contributed by atoms with Gasteiger partial charge in [-0.15, -0.1) is 0 Å². The van der Waals surface area contributed by atoms with Gasteiger partial charge >= 0.3 is 5.97 Å². The van der Waals surface area contributed by atoms with Gasteiger partial charge in [0.2, 0.25) is 5.78 Å². The molecule has 1 fully saturated rings. The molecule has 0 aliphatic carbocycles. The van der Waals surface area contributed by atoms with Gasteiger partial charge in [-0.3, -0.25) is 4.79 Å². The Kier molecular flexibility index (Phi) is 6.58. The average Bonchev–Trinajstić information content (AvgIpc) is 3.02. The summed E-state index contributed by atoms with van der Waals surface area (Å²) < 4.78 is 39.3. The second kappa shape index (κ2) is 9.13. The molecule has 0 unspecified atom stereocenters. The number of nitrogens with zero attached hydrogens (tertiary/aromatic N) is 2. The number of carbonyl (C=O) groups is 2. The highest BCUT2D eigenvalue weighted by atomic mass is 19.1. The maximum Gasteiger partial charge on any atom is 0.344 e. The summed E-state index contributed by atoms with van der Waals surface area (Å²) in [5.41, 5.74) is 5.92. The third kappa shape index (κ3) is 4.61. The van der Waals surface area contributed by atoms with Crippen molar-refractivity contribution in [2.24, 2.45) is 5.92 Å². The van der Waals surface area contributed by atoms with E-state index in [-0.39, 0.29) is 11.4 Å². The molecule has 3 rings (SSSR count). The molecule has 0 bridgehead atoms. The summed E-state index contributed by atoms with van der Waals surface area (Å²) in [7, 11) is 0. The highest BCUT2D eigenvalue weighted by molar-refractivity contribution is 6.01. The molecule has 0 spiro atoms. The summed E-state index contributed by atoms with van der Waals surface area (Å²) in [6.07, 6.45) is 2.19. The lowest BCUT2D eigenvalue weighted by Crippen LogP contribution is -2.22. The summed E-state index contributed by atoms with van der Waals surface area (Å²) >= 11 is 0. The van der Waals surface area contributed by atoms with Crippen LogP contribution in [0.4, 0.5) is 14.6 Å². The van der Waals surface area contributed by atoms with E-state index in [0.717, 1.165) is 31.0 Å². The van der Waals surface area contributed by atoms with E-state index < -0.39 is 35.6 Å². The van der Waals surface area contributed by atoms with E-state index in [2.05, 4.69) is 5.10 Å². The van der Waals surface area contributed by atoms with Crippen molar-refractivity contribution >= 4 is 17.6 Å². The van der Waals surface area contributed by atoms with Gasteiger partial charge in [0.1, 0.15) is 23.0 Å². The van der Waals surface area contributed by atoms with Crippen LogP contribution in [0.5, 0.6) is 0 Å². The Morgan fingerprint density at radius 3 is 2.52 bits per heavy atom. The molecule has 156 valence electrons. The summed E-state index contributed by atoms with van der Waals surface area (Å²) in [6.45, 7) is 2.92. The first kappa shape index (κ1) is 20.9. The van der Waals surface area contributed by atoms with Crippen LogP contribution < -0.4 is 5.73 Å². The number of rotatable bonds is 7. The number of nitrogens with two attached hydrogens (primary N) is 1. The molecule has 1 aliphatic heterocycles. The van der Waals surface area contributed by atoms with Gasteiger partial charge in [0.15, 0.2) is 6.61 Å². The standard InChI is InChI=1S/C20H23F2N3O4/c1-2-15-18(19(23)25(24-15)10-12-6-8-28-9-7-12)20(27)29-11-16(26)17-13(21)4-3-5-14(17)22/h3-5,12H,2,6-11,23H2,1H3. The van der Waals surface area contributed by atoms with Crippen molar-refractivity contribution in [3.8, 4) is 0 Å². The van der Waals surface area contributed by atoms with Gasteiger partial charge in [-0.05, 0) is 37.3 Å². The van der Waals surface area contributed by atoms with Gasteiger partial charge in [0.25, 0.3) is 0 Å². The lowest BCUT2D eigenvalue weighted by molar-refractivity contribution is 0.0471. The minimum absolute atomic E-state index is 0.0846. The maximum absolute atomic E-state index is 13.7. The molecule has 2 N–H and O–H groups in total.